The summed E-state index contributed by atoms with van der Waals surface area (Å²) in [7, 11) is 0. The summed E-state index contributed by atoms with van der Waals surface area (Å²) in [4.78, 5) is 11.2. The molecule has 0 aromatic carbocycles. The molecule has 2 unspecified atom stereocenters. The number of hydrogen-bond donors (Lipinski definition) is 1. The van der Waals surface area contributed by atoms with Crippen LogP contribution in [0.1, 0.15) is 39.2 Å². The molecular weight excluding hydrogens is 224 g/mol. The van der Waals surface area contributed by atoms with E-state index in [1.54, 1.807) is 6.33 Å². The van der Waals surface area contributed by atoms with E-state index < -0.39 is 0 Å². The summed E-state index contributed by atoms with van der Waals surface area (Å²) in [5.74, 6) is 2.83. The Morgan fingerprint density at radius 3 is 2.78 bits per heavy atom. The van der Waals surface area contributed by atoms with E-state index in [9.17, 15) is 0 Å². The highest BCUT2D eigenvalue weighted by Crippen LogP contribution is 2.31. The van der Waals surface area contributed by atoms with Crippen LogP contribution in [0, 0.1) is 12.8 Å². The second-order valence-corrected chi connectivity index (χ2v) is 5.44. The first kappa shape index (κ1) is 13.1. The molecule has 1 saturated heterocycles. The maximum absolute atomic E-state index is 4.49. The van der Waals surface area contributed by atoms with Crippen LogP contribution in [0.25, 0.3) is 0 Å². The third-order valence-corrected chi connectivity index (χ3v) is 3.66. The van der Waals surface area contributed by atoms with E-state index in [1.165, 1.54) is 12.0 Å². The highest BCUT2D eigenvalue weighted by Gasteiger charge is 2.28. The number of nitrogens with one attached hydrogen (secondary N) is 1. The summed E-state index contributed by atoms with van der Waals surface area (Å²) >= 11 is 0. The Balaban J connectivity index is 2.23. The summed E-state index contributed by atoms with van der Waals surface area (Å²) in [5.41, 5.74) is 1.17. The van der Waals surface area contributed by atoms with E-state index in [1.807, 2.05) is 0 Å². The summed E-state index contributed by atoms with van der Waals surface area (Å²) in [5, 5.41) is 3.37. The lowest BCUT2D eigenvalue weighted by Gasteiger charge is -2.25. The van der Waals surface area contributed by atoms with E-state index in [2.05, 4.69) is 47.9 Å². The Hall–Kier alpha value is -1.32. The van der Waals surface area contributed by atoms with Gasteiger partial charge in [0.25, 0.3) is 0 Å². The minimum atomic E-state index is 0.577. The summed E-state index contributed by atoms with van der Waals surface area (Å²) in [6, 6.07) is 0.577. The predicted molar refractivity (Wildman–Crippen MR) is 76.1 cm³/mol. The van der Waals surface area contributed by atoms with Crippen LogP contribution in [0.2, 0.25) is 0 Å². The van der Waals surface area contributed by atoms with Gasteiger partial charge in [0.15, 0.2) is 0 Å². The van der Waals surface area contributed by atoms with E-state index in [-0.39, 0.29) is 0 Å². The zero-order chi connectivity index (χ0) is 13.1. The van der Waals surface area contributed by atoms with E-state index >= 15 is 0 Å². The molecule has 18 heavy (non-hydrogen) atoms. The van der Waals surface area contributed by atoms with Gasteiger partial charge >= 0.3 is 0 Å². The van der Waals surface area contributed by atoms with Crippen LogP contribution in [0.3, 0.4) is 0 Å². The molecule has 0 spiro atoms. The molecule has 0 bridgehead atoms. The van der Waals surface area contributed by atoms with Crippen LogP contribution < -0.4 is 10.2 Å². The lowest BCUT2D eigenvalue weighted by molar-refractivity contribution is 0.625. The largest absolute Gasteiger partial charge is 0.370 e. The van der Waals surface area contributed by atoms with Gasteiger partial charge in [-0.1, -0.05) is 13.8 Å². The van der Waals surface area contributed by atoms with Crippen molar-refractivity contribution in [2.75, 3.05) is 23.3 Å². The van der Waals surface area contributed by atoms with E-state index in [0.717, 1.165) is 37.1 Å². The second kappa shape index (κ2) is 5.55. The average Bonchev–Trinajstić information content (AvgIpc) is 2.67. The zero-order valence-corrected chi connectivity index (χ0v) is 11.9. The molecule has 2 atom stereocenters. The van der Waals surface area contributed by atoms with Crippen molar-refractivity contribution in [1.82, 2.24) is 9.97 Å². The first-order chi connectivity index (χ1) is 8.63. The Morgan fingerprint density at radius 2 is 2.17 bits per heavy atom. The average molecular weight is 248 g/mol. The van der Waals surface area contributed by atoms with Gasteiger partial charge in [-0.15, -0.1) is 0 Å². The van der Waals surface area contributed by atoms with Gasteiger partial charge < -0.3 is 10.2 Å². The van der Waals surface area contributed by atoms with Crippen LogP contribution >= 0.6 is 0 Å². The number of nitrogens with zero attached hydrogens (tertiary/aromatic N) is 3. The zero-order valence-electron chi connectivity index (χ0n) is 11.9. The third kappa shape index (κ3) is 2.57. The number of aromatic nitrogens is 2. The quantitative estimate of drug-likeness (QED) is 0.889. The first-order valence-electron chi connectivity index (χ1n) is 6.95. The Morgan fingerprint density at radius 1 is 1.39 bits per heavy atom. The van der Waals surface area contributed by atoms with Gasteiger partial charge in [0.1, 0.15) is 18.0 Å². The van der Waals surface area contributed by atoms with Crippen molar-refractivity contribution in [3.05, 3.63) is 11.9 Å². The SMILES string of the molecule is CCCNc1ncnc(N2CC(C)CC2C)c1C. The molecular formula is C14H24N4. The van der Waals surface area contributed by atoms with Crippen molar-refractivity contribution in [1.29, 1.82) is 0 Å². The van der Waals surface area contributed by atoms with Crippen molar-refractivity contribution in [3.63, 3.8) is 0 Å². The van der Waals surface area contributed by atoms with Crippen LogP contribution in [0.15, 0.2) is 6.33 Å². The van der Waals surface area contributed by atoms with Crippen molar-refractivity contribution in [2.45, 2.75) is 46.6 Å². The van der Waals surface area contributed by atoms with Crippen LogP contribution in [-0.2, 0) is 0 Å². The smallest absolute Gasteiger partial charge is 0.137 e. The molecule has 2 heterocycles. The molecule has 1 aromatic rings. The molecule has 1 aliphatic rings. The molecule has 1 N–H and O–H groups in total. The summed E-state index contributed by atoms with van der Waals surface area (Å²) in [6.45, 7) is 10.9. The Bertz CT molecular complexity index is 405. The lowest BCUT2D eigenvalue weighted by Crippen LogP contribution is -2.28. The number of anilines is 2. The Labute approximate surface area is 110 Å². The fourth-order valence-electron chi connectivity index (χ4n) is 2.75. The Kier molecular flexibility index (Phi) is 4.04. The minimum Gasteiger partial charge on any atom is -0.370 e. The third-order valence-electron chi connectivity index (χ3n) is 3.66. The molecule has 1 aliphatic heterocycles. The van der Waals surface area contributed by atoms with Crippen LogP contribution in [0.4, 0.5) is 11.6 Å². The predicted octanol–water partition coefficient (Wildman–Crippen LogP) is 2.84. The van der Waals surface area contributed by atoms with Gasteiger partial charge in [0, 0.05) is 24.7 Å². The van der Waals surface area contributed by atoms with Gasteiger partial charge in [-0.2, -0.15) is 0 Å². The van der Waals surface area contributed by atoms with Gasteiger partial charge in [0.05, 0.1) is 0 Å². The minimum absolute atomic E-state index is 0.577. The molecule has 0 aliphatic carbocycles. The molecule has 0 saturated carbocycles. The molecule has 100 valence electrons. The number of rotatable bonds is 4. The van der Waals surface area contributed by atoms with Gasteiger partial charge in [0.2, 0.25) is 0 Å². The standard InChI is InChI=1S/C14H24N4/c1-5-6-15-13-12(4)14(17-9-16-13)18-8-10(2)7-11(18)3/h9-11H,5-8H2,1-4H3,(H,15,16,17). The van der Waals surface area contributed by atoms with Crippen LogP contribution in [-0.4, -0.2) is 29.1 Å². The molecule has 1 aromatic heterocycles. The number of hydrogen-bond acceptors (Lipinski definition) is 4. The molecule has 1 fully saturated rings. The van der Waals surface area contributed by atoms with Crippen molar-refractivity contribution in [3.8, 4) is 0 Å². The lowest BCUT2D eigenvalue weighted by atomic mass is 10.1. The maximum atomic E-state index is 4.49. The molecule has 0 amide bonds. The van der Waals surface area contributed by atoms with Crippen molar-refractivity contribution < 1.29 is 0 Å². The van der Waals surface area contributed by atoms with E-state index in [4.69, 9.17) is 0 Å². The van der Waals surface area contributed by atoms with Gasteiger partial charge in [-0.05, 0) is 32.6 Å². The van der Waals surface area contributed by atoms with E-state index in [0.29, 0.717) is 6.04 Å². The second-order valence-electron chi connectivity index (χ2n) is 5.44. The topological polar surface area (TPSA) is 41.1 Å². The maximum Gasteiger partial charge on any atom is 0.137 e. The molecule has 4 heteroatoms. The first-order valence-corrected chi connectivity index (χ1v) is 6.95. The molecule has 4 nitrogen and oxygen atoms in total. The van der Waals surface area contributed by atoms with Crippen molar-refractivity contribution in [2.24, 2.45) is 5.92 Å². The fourth-order valence-corrected chi connectivity index (χ4v) is 2.75. The van der Waals surface area contributed by atoms with Gasteiger partial charge in [-0.3, -0.25) is 0 Å². The monoisotopic (exact) mass is 248 g/mol. The summed E-state index contributed by atoms with van der Waals surface area (Å²) < 4.78 is 0. The fraction of sp³-hybridized carbons (Fsp3) is 0.714. The van der Waals surface area contributed by atoms with Gasteiger partial charge in [-0.25, -0.2) is 9.97 Å². The van der Waals surface area contributed by atoms with Crippen molar-refractivity contribution >= 4 is 11.6 Å². The summed E-state index contributed by atoms with van der Waals surface area (Å²) in [6.07, 6.45) is 4.03. The van der Waals surface area contributed by atoms with Crippen LogP contribution in [0.5, 0.6) is 0 Å². The highest BCUT2D eigenvalue weighted by molar-refractivity contribution is 5.58. The highest BCUT2D eigenvalue weighted by atomic mass is 15.2. The molecule has 0 radical (unpaired) electrons. The normalized spacial score (nSPS) is 23.4. The molecule has 2 rings (SSSR count).